The fourth-order valence-corrected chi connectivity index (χ4v) is 1.83. The van der Waals surface area contributed by atoms with Crippen LogP contribution >= 0.6 is 11.6 Å². The third kappa shape index (κ3) is 2.14. The Balaban J connectivity index is 2.63. The van der Waals surface area contributed by atoms with Gasteiger partial charge in [-0.15, -0.1) is 0 Å². The number of halogens is 1. The van der Waals surface area contributed by atoms with Crippen molar-refractivity contribution >= 4 is 11.6 Å². The van der Waals surface area contributed by atoms with Crippen LogP contribution < -0.4 is 5.56 Å². The van der Waals surface area contributed by atoms with E-state index < -0.39 is 0 Å². The molecule has 2 rings (SSSR count). The maximum atomic E-state index is 11.3. The van der Waals surface area contributed by atoms with Crippen LogP contribution in [0, 0.1) is 13.8 Å². The summed E-state index contributed by atoms with van der Waals surface area (Å²) in [6.45, 7) is 3.73. The number of hydrogen-bond acceptors (Lipinski definition) is 2. The van der Waals surface area contributed by atoms with Gasteiger partial charge in [0.1, 0.15) is 5.82 Å². The summed E-state index contributed by atoms with van der Waals surface area (Å²) < 4.78 is 0. The minimum Gasteiger partial charge on any atom is -0.307 e. The topological polar surface area (TPSA) is 45.8 Å². The summed E-state index contributed by atoms with van der Waals surface area (Å²) in [5, 5.41) is 0.677. The minimum absolute atomic E-state index is 0.142. The first-order chi connectivity index (χ1) is 7.56. The molecule has 0 amide bonds. The van der Waals surface area contributed by atoms with E-state index in [1.165, 1.54) is 6.07 Å². The van der Waals surface area contributed by atoms with Gasteiger partial charge in [-0.3, -0.25) is 4.79 Å². The number of hydrogen-bond donors (Lipinski definition) is 1. The fraction of sp³-hybridized carbons (Fsp3) is 0.167. The molecule has 2 aromatic rings. The van der Waals surface area contributed by atoms with E-state index in [0.717, 1.165) is 11.1 Å². The largest absolute Gasteiger partial charge is 0.307 e. The third-order valence-electron chi connectivity index (χ3n) is 2.31. The summed E-state index contributed by atoms with van der Waals surface area (Å²) in [5.74, 6) is 0.583. The summed E-state index contributed by atoms with van der Waals surface area (Å²) >= 11 is 5.87. The summed E-state index contributed by atoms with van der Waals surface area (Å²) in [5.41, 5.74) is 2.44. The predicted molar refractivity (Wildman–Crippen MR) is 64.8 cm³/mol. The number of aromatic amines is 1. The summed E-state index contributed by atoms with van der Waals surface area (Å²) in [6, 6.07) is 6.95. The van der Waals surface area contributed by atoms with Gasteiger partial charge in [0.2, 0.25) is 0 Å². The van der Waals surface area contributed by atoms with Gasteiger partial charge in [-0.05, 0) is 37.6 Å². The third-order valence-corrected chi connectivity index (χ3v) is 2.55. The normalized spacial score (nSPS) is 10.4. The van der Waals surface area contributed by atoms with Crippen molar-refractivity contribution in [2.75, 3.05) is 0 Å². The standard InChI is InChI=1S/C12H11ClN2O/c1-7-5-9(13)3-4-10(7)12-14-8(2)6-11(16)15-12/h3-6H,1-2H3,(H,14,15,16). The van der Waals surface area contributed by atoms with E-state index in [1.807, 2.05) is 19.1 Å². The number of aryl methyl sites for hydroxylation is 2. The highest BCUT2D eigenvalue weighted by molar-refractivity contribution is 6.30. The first-order valence-corrected chi connectivity index (χ1v) is 5.28. The Kier molecular flexibility index (Phi) is 2.79. The Hall–Kier alpha value is -1.61. The van der Waals surface area contributed by atoms with E-state index in [1.54, 1.807) is 13.0 Å². The second kappa shape index (κ2) is 4.10. The summed E-state index contributed by atoms with van der Waals surface area (Å²) in [6.07, 6.45) is 0. The molecule has 1 aromatic carbocycles. The van der Waals surface area contributed by atoms with Crippen LogP contribution in [0.4, 0.5) is 0 Å². The van der Waals surface area contributed by atoms with Crippen LogP contribution in [0.3, 0.4) is 0 Å². The maximum Gasteiger partial charge on any atom is 0.251 e. The number of aromatic nitrogens is 2. The Bertz CT molecular complexity index is 590. The van der Waals surface area contributed by atoms with Gasteiger partial charge in [-0.25, -0.2) is 4.98 Å². The predicted octanol–water partition coefficient (Wildman–Crippen LogP) is 2.71. The maximum absolute atomic E-state index is 11.3. The average Bonchev–Trinajstić information content (AvgIpc) is 2.15. The molecule has 1 heterocycles. The van der Waals surface area contributed by atoms with Gasteiger partial charge < -0.3 is 4.98 Å². The van der Waals surface area contributed by atoms with Crippen LogP contribution in [-0.4, -0.2) is 9.97 Å². The highest BCUT2D eigenvalue weighted by Gasteiger charge is 2.05. The van der Waals surface area contributed by atoms with Gasteiger partial charge in [0.15, 0.2) is 0 Å². The fourth-order valence-electron chi connectivity index (χ4n) is 1.60. The molecule has 0 saturated heterocycles. The van der Waals surface area contributed by atoms with Crippen LogP contribution in [0.5, 0.6) is 0 Å². The molecule has 0 aliphatic heterocycles. The molecule has 0 spiro atoms. The lowest BCUT2D eigenvalue weighted by molar-refractivity contribution is 1.07. The van der Waals surface area contributed by atoms with Crippen molar-refractivity contribution < 1.29 is 0 Å². The molecule has 16 heavy (non-hydrogen) atoms. The van der Waals surface area contributed by atoms with Gasteiger partial charge in [-0.1, -0.05) is 11.6 Å². The SMILES string of the molecule is Cc1cc(=O)[nH]c(-c2ccc(Cl)cc2C)n1. The van der Waals surface area contributed by atoms with Crippen LogP contribution in [-0.2, 0) is 0 Å². The Morgan fingerprint density at radius 3 is 2.62 bits per heavy atom. The zero-order valence-corrected chi connectivity index (χ0v) is 9.80. The zero-order chi connectivity index (χ0) is 11.7. The van der Waals surface area contributed by atoms with Gasteiger partial charge in [0, 0.05) is 22.3 Å². The Morgan fingerprint density at radius 1 is 1.25 bits per heavy atom. The summed E-state index contributed by atoms with van der Waals surface area (Å²) in [4.78, 5) is 18.4. The summed E-state index contributed by atoms with van der Waals surface area (Å²) in [7, 11) is 0. The molecule has 3 nitrogen and oxygen atoms in total. The highest BCUT2D eigenvalue weighted by Crippen LogP contribution is 2.22. The molecule has 0 aliphatic carbocycles. The van der Waals surface area contributed by atoms with E-state index in [0.29, 0.717) is 16.5 Å². The lowest BCUT2D eigenvalue weighted by Crippen LogP contribution is -2.08. The van der Waals surface area contributed by atoms with Crippen molar-refractivity contribution in [1.82, 2.24) is 9.97 Å². The van der Waals surface area contributed by atoms with Crippen molar-refractivity contribution in [3.05, 3.63) is 50.9 Å². The molecular weight excluding hydrogens is 224 g/mol. The zero-order valence-electron chi connectivity index (χ0n) is 9.04. The second-order valence-electron chi connectivity index (χ2n) is 3.69. The molecule has 4 heteroatoms. The molecule has 1 aromatic heterocycles. The van der Waals surface area contributed by atoms with Crippen molar-refractivity contribution in [2.45, 2.75) is 13.8 Å². The average molecular weight is 235 g/mol. The smallest absolute Gasteiger partial charge is 0.251 e. The van der Waals surface area contributed by atoms with Gasteiger partial charge >= 0.3 is 0 Å². The van der Waals surface area contributed by atoms with Gasteiger partial charge in [0.05, 0.1) is 0 Å². The lowest BCUT2D eigenvalue weighted by Gasteiger charge is -2.05. The molecule has 0 fully saturated rings. The quantitative estimate of drug-likeness (QED) is 0.825. The van der Waals surface area contributed by atoms with E-state index in [-0.39, 0.29) is 5.56 Å². The molecule has 0 bridgehead atoms. The van der Waals surface area contributed by atoms with E-state index in [4.69, 9.17) is 11.6 Å². The first-order valence-electron chi connectivity index (χ1n) is 4.91. The van der Waals surface area contributed by atoms with E-state index in [2.05, 4.69) is 9.97 Å². The number of rotatable bonds is 1. The lowest BCUT2D eigenvalue weighted by atomic mass is 10.1. The molecule has 0 atom stereocenters. The first kappa shape index (κ1) is 10.9. The van der Waals surface area contributed by atoms with Crippen molar-refractivity contribution in [3.63, 3.8) is 0 Å². The number of H-pyrrole nitrogens is 1. The van der Waals surface area contributed by atoms with Crippen molar-refractivity contribution in [1.29, 1.82) is 0 Å². The molecule has 0 radical (unpaired) electrons. The van der Waals surface area contributed by atoms with Crippen LogP contribution in [0.25, 0.3) is 11.4 Å². The number of benzene rings is 1. The van der Waals surface area contributed by atoms with E-state index >= 15 is 0 Å². The van der Waals surface area contributed by atoms with Crippen LogP contribution in [0.1, 0.15) is 11.3 Å². The van der Waals surface area contributed by atoms with Crippen molar-refractivity contribution in [2.24, 2.45) is 0 Å². The molecule has 0 saturated carbocycles. The Labute approximate surface area is 98.1 Å². The van der Waals surface area contributed by atoms with Gasteiger partial charge in [-0.2, -0.15) is 0 Å². The molecule has 82 valence electrons. The molecule has 0 unspecified atom stereocenters. The Morgan fingerprint density at radius 2 is 2.00 bits per heavy atom. The van der Waals surface area contributed by atoms with Crippen molar-refractivity contribution in [3.8, 4) is 11.4 Å². The van der Waals surface area contributed by atoms with Crippen LogP contribution in [0.2, 0.25) is 5.02 Å². The molecule has 0 aliphatic rings. The number of nitrogens with zero attached hydrogens (tertiary/aromatic N) is 1. The number of nitrogens with one attached hydrogen (secondary N) is 1. The van der Waals surface area contributed by atoms with E-state index in [9.17, 15) is 4.79 Å². The second-order valence-corrected chi connectivity index (χ2v) is 4.13. The minimum atomic E-state index is -0.142. The molecular formula is C12H11ClN2O. The highest BCUT2D eigenvalue weighted by atomic mass is 35.5. The monoisotopic (exact) mass is 234 g/mol. The molecule has 1 N–H and O–H groups in total. The van der Waals surface area contributed by atoms with Gasteiger partial charge in [0.25, 0.3) is 5.56 Å². The van der Waals surface area contributed by atoms with Crippen LogP contribution in [0.15, 0.2) is 29.1 Å².